The Morgan fingerprint density at radius 1 is 0.972 bits per heavy atom. The van der Waals surface area contributed by atoms with Crippen LogP contribution < -0.4 is 14.8 Å². The van der Waals surface area contributed by atoms with E-state index in [0.29, 0.717) is 28.3 Å². The fourth-order valence-electron chi connectivity index (χ4n) is 3.43. The second-order valence-electron chi connectivity index (χ2n) is 8.06. The second kappa shape index (κ2) is 12.0. The lowest BCUT2D eigenvalue weighted by Gasteiger charge is -2.12. The molecule has 1 aromatic heterocycles. The number of amides is 1. The van der Waals surface area contributed by atoms with E-state index in [1.165, 1.54) is 11.8 Å². The van der Waals surface area contributed by atoms with Gasteiger partial charge in [-0.25, -0.2) is 0 Å². The first kappa shape index (κ1) is 25.6. The zero-order valence-corrected chi connectivity index (χ0v) is 21.9. The fraction of sp³-hybridized carbons (Fsp3) is 0.222. The van der Waals surface area contributed by atoms with Gasteiger partial charge in [0.2, 0.25) is 5.91 Å². The number of aromatic nitrogens is 3. The van der Waals surface area contributed by atoms with Gasteiger partial charge >= 0.3 is 0 Å². The van der Waals surface area contributed by atoms with Gasteiger partial charge in [0.25, 0.3) is 0 Å². The molecule has 1 amide bonds. The number of nitrogens with zero attached hydrogens (tertiary/aromatic N) is 3. The maximum absolute atomic E-state index is 12.7. The molecule has 0 aliphatic heterocycles. The van der Waals surface area contributed by atoms with E-state index in [0.717, 1.165) is 28.3 Å². The normalized spacial score (nSPS) is 10.8. The third kappa shape index (κ3) is 6.59. The Morgan fingerprint density at radius 2 is 1.67 bits per heavy atom. The van der Waals surface area contributed by atoms with Crippen molar-refractivity contribution in [3.8, 4) is 17.2 Å². The summed E-state index contributed by atoms with van der Waals surface area (Å²) in [5.74, 6) is 2.13. The number of hydrogen-bond acceptors (Lipinski definition) is 6. The van der Waals surface area contributed by atoms with E-state index in [4.69, 9.17) is 21.1 Å². The zero-order chi connectivity index (χ0) is 25.5. The smallest absolute Gasteiger partial charge is 0.234 e. The lowest BCUT2D eigenvalue weighted by atomic mass is 10.2. The molecule has 0 radical (unpaired) electrons. The summed E-state index contributed by atoms with van der Waals surface area (Å²) in [5, 5.41) is 12.8. The lowest BCUT2D eigenvalue weighted by Crippen LogP contribution is -2.15. The van der Waals surface area contributed by atoms with Gasteiger partial charge in [-0.05, 0) is 74.9 Å². The van der Waals surface area contributed by atoms with Crippen molar-refractivity contribution in [2.45, 2.75) is 32.5 Å². The first-order valence-electron chi connectivity index (χ1n) is 11.5. The molecule has 1 heterocycles. The van der Waals surface area contributed by atoms with Crippen molar-refractivity contribution in [2.24, 2.45) is 0 Å². The molecule has 7 nitrogen and oxygen atoms in total. The number of nitrogens with one attached hydrogen (secondary N) is 1. The molecule has 0 unspecified atom stereocenters. The molecule has 0 saturated heterocycles. The summed E-state index contributed by atoms with van der Waals surface area (Å²) in [6.07, 6.45) is 0. The van der Waals surface area contributed by atoms with Crippen LogP contribution in [0.1, 0.15) is 23.9 Å². The van der Waals surface area contributed by atoms with Gasteiger partial charge in [-0.15, -0.1) is 10.2 Å². The maximum Gasteiger partial charge on any atom is 0.234 e. The highest BCUT2D eigenvalue weighted by Gasteiger charge is 2.17. The van der Waals surface area contributed by atoms with E-state index in [-0.39, 0.29) is 18.3 Å². The molecular formula is C27H27ClN4O3S. The Labute approximate surface area is 219 Å². The Kier molecular flexibility index (Phi) is 8.51. The highest BCUT2D eigenvalue weighted by molar-refractivity contribution is 7.99. The maximum atomic E-state index is 12.7. The number of anilines is 1. The molecule has 36 heavy (non-hydrogen) atoms. The minimum Gasteiger partial charge on any atom is -0.494 e. The molecule has 1 N–H and O–H groups in total. The molecule has 0 spiro atoms. The van der Waals surface area contributed by atoms with Crippen molar-refractivity contribution >= 4 is 35.0 Å². The molecule has 0 fully saturated rings. The Morgan fingerprint density at radius 3 is 2.39 bits per heavy atom. The first-order chi connectivity index (χ1) is 17.4. The third-order valence-corrected chi connectivity index (χ3v) is 6.47. The summed E-state index contributed by atoms with van der Waals surface area (Å²) in [6, 6.07) is 20.9. The van der Waals surface area contributed by atoms with Crippen molar-refractivity contribution in [3.63, 3.8) is 0 Å². The number of thioether (sulfide) groups is 1. The molecule has 9 heteroatoms. The average molecular weight is 523 g/mol. The minimum absolute atomic E-state index is 0.153. The topological polar surface area (TPSA) is 78.3 Å². The van der Waals surface area contributed by atoms with Crippen molar-refractivity contribution in [3.05, 3.63) is 88.7 Å². The Bertz CT molecular complexity index is 1320. The number of carbonyl (C=O) groups is 1. The number of aryl methyl sites for hydroxylation is 2. The summed E-state index contributed by atoms with van der Waals surface area (Å²) in [6.45, 7) is 6.70. The van der Waals surface area contributed by atoms with Gasteiger partial charge in [0, 0.05) is 16.4 Å². The highest BCUT2D eigenvalue weighted by Crippen LogP contribution is 2.26. The number of hydrogen-bond donors (Lipinski definition) is 1. The van der Waals surface area contributed by atoms with Crippen molar-refractivity contribution in [1.82, 2.24) is 14.8 Å². The van der Waals surface area contributed by atoms with Gasteiger partial charge in [0.15, 0.2) is 11.0 Å². The molecule has 3 aromatic carbocycles. The zero-order valence-electron chi connectivity index (χ0n) is 20.3. The van der Waals surface area contributed by atoms with Crippen LogP contribution in [0.5, 0.6) is 11.5 Å². The molecule has 0 atom stereocenters. The van der Waals surface area contributed by atoms with Crippen molar-refractivity contribution < 1.29 is 14.3 Å². The van der Waals surface area contributed by atoms with Crippen LogP contribution in [0.3, 0.4) is 0 Å². The lowest BCUT2D eigenvalue weighted by molar-refractivity contribution is -0.113. The van der Waals surface area contributed by atoms with E-state index in [1.807, 2.05) is 79.9 Å². The molecule has 186 valence electrons. The summed E-state index contributed by atoms with van der Waals surface area (Å²) in [5.41, 5.74) is 3.63. The van der Waals surface area contributed by atoms with Gasteiger partial charge in [-0.3, -0.25) is 9.36 Å². The summed E-state index contributed by atoms with van der Waals surface area (Å²) >= 11 is 7.37. The van der Waals surface area contributed by atoms with Gasteiger partial charge in [0.05, 0.1) is 12.4 Å². The van der Waals surface area contributed by atoms with Crippen LogP contribution in [0.15, 0.2) is 71.9 Å². The van der Waals surface area contributed by atoms with Gasteiger partial charge < -0.3 is 14.8 Å². The standard InChI is InChI=1S/C27H27ClN4O3S/c1-4-34-22-13-9-21(10-14-22)32-25(16-35-23-11-5-18(2)6-12-23)30-31-27(32)36-17-26(33)29-24-15-20(28)8-7-19(24)3/h5-15H,4,16-17H2,1-3H3,(H,29,33). The van der Waals surface area contributed by atoms with Crippen LogP contribution in [-0.2, 0) is 11.4 Å². The van der Waals surface area contributed by atoms with Crippen LogP contribution in [0.2, 0.25) is 5.02 Å². The Hall–Kier alpha value is -3.49. The number of carbonyl (C=O) groups excluding carboxylic acids is 1. The summed E-state index contributed by atoms with van der Waals surface area (Å²) in [7, 11) is 0. The first-order valence-corrected chi connectivity index (χ1v) is 12.8. The van der Waals surface area contributed by atoms with Crippen LogP contribution in [0.25, 0.3) is 5.69 Å². The van der Waals surface area contributed by atoms with Gasteiger partial charge in [-0.2, -0.15) is 0 Å². The highest BCUT2D eigenvalue weighted by atomic mass is 35.5. The quantitative estimate of drug-likeness (QED) is 0.248. The Balaban J connectivity index is 1.53. The molecule has 0 saturated carbocycles. The minimum atomic E-state index is -0.163. The number of ether oxygens (including phenoxy) is 2. The van der Waals surface area contributed by atoms with Crippen LogP contribution >= 0.6 is 23.4 Å². The van der Waals surface area contributed by atoms with E-state index in [1.54, 1.807) is 12.1 Å². The molecule has 0 bridgehead atoms. The summed E-state index contributed by atoms with van der Waals surface area (Å²) < 4.78 is 13.4. The van der Waals surface area contributed by atoms with E-state index in [9.17, 15) is 4.79 Å². The summed E-state index contributed by atoms with van der Waals surface area (Å²) in [4.78, 5) is 12.7. The molecule has 4 aromatic rings. The van der Waals surface area contributed by atoms with Gasteiger partial charge in [0.1, 0.15) is 18.1 Å². The van der Waals surface area contributed by atoms with Crippen molar-refractivity contribution in [1.29, 1.82) is 0 Å². The van der Waals surface area contributed by atoms with Crippen molar-refractivity contribution in [2.75, 3.05) is 17.7 Å². The monoisotopic (exact) mass is 522 g/mol. The van der Waals surface area contributed by atoms with Gasteiger partial charge in [-0.1, -0.05) is 47.1 Å². The fourth-order valence-corrected chi connectivity index (χ4v) is 4.38. The van der Waals surface area contributed by atoms with E-state index < -0.39 is 0 Å². The third-order valence-electron chi connectivity index (χ3n) is 5.30. The molecular weight excluding hydrogens is 496 g/mol. The molecule has 4 rings (SSSR count). The van der Waals surface area contributed by atoms with Crippen LogP contribution in [0.4, 0.5) is 5.69 Å². The van der Waals surface area contributed by atoms with E-state index in [2.05, 4.69) is 15.5 Å². The van der Waals surface area contributed by atoms with Crippen LogP contribution in [-0.4, -0.2) is 33.0 Å². The molecule has 0 aliphatic rings. The average Bonchev–Trinajstić information content (AvgIpc) is 3.28. The number of benzene rings is 3. The number of rotatable bonds is 10. The predicted octanol–water partition coefficient (Wildman–Crippen LogP) is 6.25. The molecule has 0 aliphatic carbocycles. The predicted molar refractivity (Wildman–Crippen MR) is 144 cm³/mol. The van der Waals surface area contributed by atoms with Crippen LogP contribution in [0, 0.1) is 13.8 Å². The van der Waals surface area contributed by atoms with E-state index >= 15 is 0 Å². The SMILES string of the molecule is CCOc1ccc(-n2c(COc3ccc(C)cc3)nnc2SCC(=O)Nc2cc(Cl)ccc2C)cc1. The second-order valence-corrected chi connectivity index (χ2v) is 9.44. The number of halogens is 1. The largest absolute Gasteiger partial charge is 0.494 e.